The van der Waals surface area contributed by atoms with Gasteiger partial charge < -0.3 is 10.3 Å². The van der Waals surface area contributed by atoms with Gasteiger partial charge in [-0.3, -0.25) is 14.6 Å². The molecular formula is C14H16N4O2. The first kappa shape index (κ1) is 13.9. The lowest BCUT2D eigenvalue weighted by Crippen LogP contribution is -2.29. The number of H-pyrrole nitrogens is 1. The van der Waals surface area contributed by atoms with E-state index in [0.29, 0.717) is 12.1 Å². The van der Waals surface area contributed by atoms with Gasteiger partial charge in [0.1, 0.15) is 0 Å². The molecule has 1 amide bonds. The van der Waals surface area contributed by atoms with Crippen LogP contribution in [-0.2, 0) is 17.6 Å². The van der Waals surface area contributed by atoms with Gasteiger partial charge in [0.15, 0.2) is 0 Å². The number of aromatic nitrogens is 3. The van der Waals surface area contributed by atoms with Crippen molar-refractivity contribution in [2.24, 2.45) is 0 Å². The van der Waals surface area contributed by atoms with Crippen LogP contribution in [0.5, 0.6) is 0 Å². The Morgan fingerprint density at radius 3 is 3.00 bits per heavy atom. The van der Waals surface area contributed by atoms with Crippen LogP contribution in [-0.4, -0.2) is 27.4 Å². The number of nitrogens with zero attached hydrogens (tertiary/aromatic N) is 2. The summed E-state index contributed by atoms with van der Waals surface area (Å²) in [5, 5.41) is 2.78. The first-order valence-corrected chi connectivity index (χ1v) is 6.44. The maximum Gasteiger partial charge on any atom is 0.254 e. The fraction of sp³-hybridized carbons (Fsp3) is 0.286. The van der Waals surface area contributed by atoms with Crippen molar-refractivity contribution >= 4 is 5.91 Å². The molecule has 0 unspecified atom stereocenters. The van der Waals surface area contributed by atoms with Crippen LogP contribution in [0.3, 0.4) is 0 Å². The van der Waals surface area contributed by atoms with Crippen molar-refractivity contribution in [3.05, 3.63) is 58.5 Å². The Labute approximate surface area is 116 Å². The summed E-state index contributed by atoms with van der Waals surface area (Å²) in [5.41, 5.74) is 1.10. The van der Waals surface area contributed by atoms with E-state index in [1.807, 2.05) is 18.2 Å². The van der Waals surface area contributed by atoms with Gasteiger partial charge in [0, 0.05) is 30.2 Å². The Balaban J connectivity index is 1.71. The van der Waals surface area contributed by atoms with Gasteiger partial charge in [-0.2, -0.15) is 0 Å². The molecule has 20 heavy (non-hydrogen) atoms. The Morgan fingerprint density at radius 1 is 1.35 bits per heavy atom. The third-order valence-corrected chi connectivity index (χ3v) is 2.80. The summed E-state index contributed by atoms with van der Waals surface area (Å²) in [7, 11) is 0. The molecule has 0 saturated carbocycles. The quantitative estimate of drug-likeness (QED) is 0.748. The summed E-state index contributed by atoms with van der Waals surface area (Å²) in [4.78, 5) is 33.5. The number of aromatic amines is 1. The van der Waals surface area contributed by atoms with E-state index in [2.05, 4.69) is 20.3 Å². The van der Waals surface area contributed by atoms with Gasteiger partial charge in [-0.25, -0.2) is 4.98 Å². The average molecular weight is 272 g/mol. The highest BCUT2D eigenvalue weighted by molar-refractivity contribution is 5.78. The number of pyridine rings is 1. The van der Waals surface area contributed by atoms with Crippen molar-refractivity contribution in [3.8, 4) is 0 Å². The third-order valence-electron chi connectivity index (χ3n) is 2.80. The Morgan fingerprint density at radius 2 is 2.25 bits per heavy atom. The first-order chi connectivity index (χ1) is 9.75. The molecule has 2 aromatic heterocycles. The zero-order valence-electron chi connectivity index (χ0n) is 11.0. The summed E-state index contributed by atoms with van der Waals surface area (Å²) in [6.07, 6.45) is 6.14. The van der Waals surface area contributed by atoms with Crippen LogP contribution in [0.1, 0.15) is 17.7 Å². The molecule has 0 radical (unpaired) electrons. The lowest BCUT2D eigenvalue weighted by atomic mass is 10.2. The van der Waals surface area contributed by atoms with Gasteiger partial charge in [0.25, 0.3) is 5.56 Å². The van der Waals surface area contributed by atoms with Gasteiger partial charge in [-0.1, -0.05) is 6.07 Å². The largest absolute Gasteiger partial charge is 0.356 e. The van der Waals surface area contributed by atoms with Gasteiger partial charge >= 0.3 is 0 Å². The zero-order valence-corrected chi connectivity index (χ0v) is 11.0. The summed E-state index contributed by atoms with van der Waals surface area (Å²) in [5.74, 6) is -0.176. The van der Waals surface area contributed by atoms with Gasteiger partial charge in [-0.15, -0.1) is 0 Å². The van der Waals surface area contributed by atoms with Crippen molar-refractivity contribution < 1.29 is 4.79 Å². The Kier molecular flexibility index (Phi) is 5.00. The minimum atomic E-state index is -0.274. The molecule has 2 aromatic rings. The smallest absolute Gasteiger partial charge is 0.254 e. The molecule has 2 heterocycles. The SMILES string of the molecule is O=C(Cc1cnc[nH]c1=O)NCCCc1ccccn1. The molecule has 0 atom stereocenters. The molecule has 2 N–H and O–H groups in total. The summed E-state index contributed by atoms with van der Waals surface area (Å²) < 4.78 is 0. The van der Waals surface area contributed by atoms with Crippen LogP contribution < -0.4 is 10.9 Å². The highest BCUT2D eigenvalue weighted by atomic mass is 16.2. The second kappa shape index (κ2) is 7.18. The van der Waals surface area contributed by atoms with Crippen LogP contribution >= 0.6 is 0 Å². The van der Waals surface area contributed by atoms with Crippen molar-refractivity contribution in [2.75, 3.05) is 6.54 Å². The molecule has 0 fully saturated rings. The van der Waals surface area contributed by atoms with Crippen molar-refractivity contribution in [2.45, 2.75) is 19.3 Å². The number of carbonyl (C=O) groups is 1. The van der Waals surface area contributed by atoms with Crippen LogP contribution in [0.25, 0.3) is 0 Å². The second-order valence-corrected chi connectivity index (χ2v) is 4.36. The van der Waals surface area contributed by atoms with E-state index >= 15 is 0 Å². The van der Waals surface area contributed by atoms with Crippen molar-refractivity contribution in [1.82, 2.24) is 20.3 Å². The minimum absolute atomic E-state index is 0.0484. The number of rotatable bonds is 6. The van der Waals surface area contributed by atoms with Crippen LogP contribution in [0.15, 0.2) is 41.7 Å². The topological polar surface area (TPSA) is 87.7 Å². The second-order valence-electron chi connectivity index (χ2n) is 4.36. The van der Waals surface area contributed by atoms with Crippen LogP contribution in [0, 0.1) is 0 Å². The molecule has 0 spiro atoms. The third kappa shape index (κ3) is 4.31. The van der Waals surface area contributed by atoms with Crippen molar-refractivity contribution in [1.29, 1.82) is 0 Å². The van der Waals surface area contributed by atoms with E-state index in [1.165, 1.54) is 12.5 Å². The number of hydrogen-bond acceptors (Lipinski definition) is 4. The number of carbonyl (C=O) groups excluding carboxylic acids is 1. The van der Waals surface area contributed by atoms with Crippen molar-refractivity contribution in [3.63, 3.8) is 0 Å². The lowest BCUT2D eigenvalue weighted by Gasteiger charge is -2.04. The predicted molar refractivity (Wildman–Crippen MR) is 74.1 cm³/mol. The summed E-state index contributed by atoms with van der Waals surface area (Å²) in [6.45, 7) is 0.563. The Hall–Kier alpha value is -2.50. The highest BCUT2D eigenvalue weighted by Crippen LogP contribution is 1.97. The lowest BCUT2D eigenvalue weighted by molar-refractivity contribution is -0.120. The summed E-state index contributed by atoms with van der Waals surface area (Å²) >= 11 is 0. The molecule has 0 aliphatic rings. The fourth-order valence-corrected chi connectivity index (χ4v) is 1.78. The molecule has 104 valence electrons. The van der Waals surface area contributed by atoms with Gasteiger partial charge in [0.05, 0.1) is 12.7 Å². The highest BCUT2D eigenvalue weighted by Gasteiger charge is 2.06. The number of amides is 1. The molecule has 6 nitrogen and oxygen atoms in total. The van der Waals surface area contributed by atoms with E-state index in [9.17, 15) is 9.59 Å². The number of nitrogens with one attached hydrogen (secondary N) is 2. The molecule has 0 bridgehead atoms. The maximum atomic E-state index is 11.7. The standard InChI is InChI=1S/C14H16N4O2/c19-13(8-11-9-15-10-18-14(11)20)17-7-3-5-12-4-1-2-6-16-12/h1-2,4,6,9-10H,3,5,7-8H2,(H,17,19)(H,15,18,20). The van der Waals surface area contributed by atoms with E-state index in [1.54, 1.807) is 6.20 Å². The molecule has 0 aliphatic heterocycles. The molecule has 0 saturated heterocycles. The molecule has 0 aromatic carbocycles. The molecular weight excluding hydrogens is 256 g/mol. The Bertz CT molecular complexity index is 610. The first-order valence-electron chi connectivity index (χ1n) is 6.44. The average Bonchev–Trinajstić information content (AvgIpc) is 2.47. The fourth-order valence-electron chi connectivity index (χ4n) is 1.78. The van der Waals surface area contributed by atoms with E-state index in [-0.39, 0.29) is 17.9 Å². The van der Waals surface area contributed by atoms with E-state index in [4.69, 9.17) is 0 Å². The number of hydrogen-bond donors (Lipinski definition) is 2. The predicted octanol–water partition coefficient (Wildman–Crippen LogP) is 0.456. The molecule has 2 rings (SSSR count). The van der Waals surface area contributed by atoms with Crippen LogP contribution in [0.4, 0.5) is 0 Å². The van der Waals surface area contributed by atoms with Gasteiger partial charge in [-0.05, 0) is 25.0 Å². The zero-order chi connectivity index (χ0) is 14.2. The normalized spacial score (nSPS) is 10.2. The monoisotopic (exact) mass is 272 g/mol. The number of aryl methyl sites for hydroxylation is 1. The van der Waals surface area contributed by atoms with E-state index in [0.717, 1.165) is 18.5 Å². The molecule has 0 aliphatic carbocycles. The van der Waals surface area contributed by atoms with Gasteiger partial charge in [0.2, 0.25) is 5.91 Å². The maximum absolute atomic E-state index is 11.7. The minimum Gasteiger partial charge on any atom is -0.356 e. The summed E-state index contributed by atoms with van der Waals surface area (Å²) in [6, 6.07) is 5.77. The molecule has 6 heteroatoms. The van der Waals surface area contributed by atoms with E-state index < -0.39 is 0 Å². The van der Waals surface area contributed by atoms with Crippen LogP contribution in [0.2, 0.25) is 0 Å².